The van der Waals surface area contributed by atoms with Crippen LogP contribution in [0.25, 0.3) is 0 Å². The summed E-state index contributed by atoms with van der Waals surface area (Å²) in [5, 5.41) is 8.51. The van der Waals surface area contributed by atoms with E-state index in [4.69, 9.17) is 11.6 Å². The van der Waals surface area contributed by atoms with Crippen LogP contribution in [0.15, 0.2) is 36.7 Å². The number of halogens is 1. The fourth-order valence-corrected chi connectivity index (χ4v) is 2.47. The van der Waals surface area contributed by atoms with Crippen LogP contribution in [-0.2, 0) is 13.5 Å². The zero-order valence-corrected chi connectivity index (χ0v) is 12.2. The lowest BCUT2D eigenvalue weighted by Crippen LogP contribution is -2.21. The summed E-state index contributed by atoms with van der Waals surface area (Å²) in [4.78, 5) is 0. The SMILES string of the molecule is CCNC(CCc1cnn(C)c1)c1cccc(Cl)c1. The molecule has 2 aromatic rings. The predicted octanol–water partition coefficient (Wildman–Crippen LogP) is 3.36. The second-order valence-corrected chi connectivity index (χ2v) is 5.16. The van der Waals surface area contributed by atoms with E-state index in [0.29, 0.717) is 6.04 Å². The molecule has 19 heavy (non-hydrogen) atoms. The number of hydrogen-bond donors (Lipinski definition) is 1. The van der Waals surface area contributed by atoms with Gasteiger partial charge in [-0.1, -0.05) is 30.7 Å². The van der Waals surface area contributed by atoms with E-state index in [0.717, 1.165) is 24.4 Å². The average Bonchev–Trinajstić information content (AvgIpc) is 2.80. The average molecular weight is 278 g/mol. The topological polar surface area (TPSA) is 29.9 Å². The minimum absolute atomic E-state index is 0.337. The van der Waals surface area contributed by atoms with Gasteiger partial charge in [0.2, 0.25) is 0 Å². The Balaban J connectivity index is 2.03. The Kier molecular flexibility index (Phi) is 5.00. The van der Waals surface area contributed by atoms with Gasteiger partial charge in [0.1, 0.15) is 0 Å². The minimum Gasteiger partial charge on any atom is -0.310 e. The lowest BCUT2D eigenvalue weighted by atomic mass is 10.00. The van der Waals surface area contributed by atoms with Gasteiger partial charge in [-0.2, -0.15) is 5.10 Å². The summed E-state index contributed by atoms with van der Waals surface area (Å²) in [6.07, 6.45) is 6.06. The number of aromatic nitrogens is 2. The van der Waals surface area contributed by atoms with Gasteiger partial charge in [0.05, 0.1) is 6.20 Å². The molecular formula is C15H20ClN3. The van der Waals surface area contributed by atoms with Crippen LogP contribution in [0.4, 0.5) is 0 Å². The molecule has 1 aromatic carbocycles. The molecular weight excluding hydrogens is 258 g/mol. The Morgan fingerprint density at radius 2 is 2.26 bits per heavy atom. The van der Waals surface area contributed by atoms with Crippen molar-refractivity contribution in [2.24, 2.45) is 7.05 Å². The van der Waals surface area contributed by atoms with Crippen LogP contribution in [0.2, 0.25) is 5.02 Å². The van der Waals surface area contributed by atoms with Gasteiger partial charge >= 0.3 is 0 Å². The molecule has 1 atom stereocenters. The summed E-state index contributed by atoms with van der Waals surface area (Å²) >= 11 is 6.07. The van der Waals surface area contributed by atoms with E-state index in [1.165, 1.54) is 11.1 Å². The molecule has 0 aliphatic carbocycles. The molecule has 0 radical (unpaired) electrons. The Morgan fingerprint density at radius 3 is 2.89 bits per heavy atom. The summed E-state index contributed by atoms with van der Waals surface area (Å²) in [5.41, 5.74) is 2.52. The minimum atomic E-state index is 0.337. The summed E-state index contributed by atoms with van der Waals surface area (Å²) < 4.78 is 1.84. The smallest absolute Gasteiger partial charge is 0.0521 e. The van der Waals surface area contributed by atoms with Crippen LogP contribution in [-0.4, -0.2) is 16.3 Å². The maximum absolute atomic E-state index is 6.07. The second-order valence-electron chi connectivity index (χ2n) is 4.73. The summed E-state index contributed by atoms with van der Waals surface area (Å²) in [7, 11) is 1.95. The van der Waals surface area contributed by atoms with Gasteiger partial charge in [-0.25, -0.2) is 0 Å². The second kappa shape index (κ2) is 6.73. The van der Waals surface area contributed by atoms with Crippen molar-refractivity contribution < 1.29 is 0 Å². The van der Waals surface area contributed by atoms with Crippen LogP contribution in [0.1, 0.15) is 30.5 Å². The third kappa shape index (κ3) is 4.08. The van der Waals surface area contributed by atoms with E-state index >= 15 is 0 Å². The molecule has 1 N–H and O–H groups in total. The van der Waals surface area contributed by atoms with Crippen molar-refractivity contribution in [2.75, 3.05) is 6.54 Å². The zero-order valence-electron chi connectivity index (χ0n) is 11.4. The van der Waals surface area contributed by atoms with Gasteiger partial charge in [0.15, 0.2) is 0 Å². The fraction of sp³-hybridized carbons (Fsp3) is 0.400. The molecule has 0 bridgehead atoms. The lowest BCUT2D eigenvalue weighted by molar-refractivity contribution is 0.515. The molecule has 0 saturated carbocycles. The third-order valence-electron chi connectivity index (χ3n) is 3.18. The van der Waals surface area contributed by atoms with E-state index in [1.807, 2.05) is 36.1 Å². The van der Waals surface area contributed by atoms with E-state index in [1.54, 1.807) is 0 Å². The molecule has 0 spiro atoms. The van der Waals surface area contributed by atoms with E-state index < -0.39 is 0 Å². The molecule has 0 amide bonds. The molecule has 0 fully saturated rings. The zero-order chi connectivity index (χ0) is 13.7. The van der Waals surface area contributed by atoms with Crippen molar-refractivity contribution in [2.45, 2.75) is 25.8 Å². The van der Waals surface area contributed by atoms with Crippen molar-refractivity contribution in [1.82, 2.24) is 15.1 Å². The number of benzene rings is 1. The Hall–Kier alpha value is -1.32. The molecule has 2 rings (SSSR count). The van der Waals surface area contributed by atoms with Gasteiger partial charge in [0.25, 0.3) is 0 Å². The maximum atomic E-state index is 6.07. The highest BCUT2D eigenvalue weighted by atomic mass is 35.5. The van der Waals surface area contributed by atoms with Gasteiger partial charge in [-0.05, 0) is 42.6 Å². The highest BCUT2D eigenvalue weighted by Crippen LogP contribution is 2.22. The highest BCUT2D eigenvalue weighted by molar-refractivity contribution is 6.30. The first-order valence-corrected chi connectivity index (χ1v) is 7.03. The van der Waals surface area contributed by atoms with Crippen LogP contribution >= 0.6 is 11.6 Å². The van der Waals surface area contributed by atoms with Crippen molar-refractivity contribution in [3.8, 4) is 0 Å². The normalized spacial score (nSPS) is 12.6. The molecule has 1 unspecified atom stereocenters. The number of hydrogen-bond acceptors (Lipinski definition) is 2. The van der Waals surface area contributed by atoms with Gasteiger partial charge in [-0.3, -0.25) is 4.68 Å². The summed E-state index contributed by atoms with van der Waals surface area (Å²) in [5.74, 6) is 0. The van der Waals surface area contributed by atoms with Crippen LogP contribution < -0.4 is 5.32 Å². The van der Waals surface area contributed by atoms with E-state index in [-0.39, 0.29) is 0 Å². The van der Waals surface area contributed by atoms with Gasteiger partial charge < -0.3 is 5.32 Å². The molecule has 0 aliphatic heterocycles. The van der Waals surface area contributed by atoms with E-state index in [2.05, 4.69) is 29.6 Å². The van der Waals surface area contributed by atoms with Crippen LogP contribution in [0.3, 0.4) is 0 Å². The van der Waals surface area contributed by atoms with Crippen molar-refractivity contribution in [3.05, 3.63) is 52.8 Å². The molecule has 4 heteroatoms. The predicted molar refractivity (Wildman–Crippen MR) is 79.4 cm³/mol. The summed E-state index contributed by atoms with van der Waals surface area (Å²) in [6.45, 7) is 3.08. The van der Waals surface area contributed by atoms with E-state index in [9.17, 15) is 0 Å². The first kappa shape index (κ1) is 14.1. The molecule has 3 nitrogen and oxygen atoms in total. The van der Waals surface area contributed by atoms with Gasteiger partial charge in [-0.15, -0.1) is 0 Å². The lowest BCUT2D eigenvalue weighted by Gasteiger charge is -2.18. The summed E-state index contributed by atoms with van der Waals surface area (Å²) in [6, 6.07) is 8.42. The quantitative estimate of drug-likeness (QED) is 0.877. The van der Waals surface area contributed by atoms with Crippen LogP contribution in [0, 0.1) is 0 Å². The van der Waals surface area contributed by atoms with Crippen molar-refractivity contribution in [1.29, 1.82) is 0 Å². The first-order valence-electron chi connectivity index (χ1n) is 6.65. The number of aryl methyl sites for hydroxylation is 2. The number of rotatable bonds is 6. The maximum Gasteiger partial charge on any atom is 0.0521 e. The molecule has 0 aliphatic rings. The number of nitrogens with zero attached hydrogens (tertiary/aromatic N) is 2. The van der Waals surface area contributed by atoms with Gasteiger partial charge in [0, 0.05) is 24.3 Å². The Labute approximate surface area is 119 Å². The first-order chi connectivity index (χ1) is 9.19. The molecule has 0 saturated heterocycles. The molecule has 1 heterocycles. The monoisotopic (exact) mass is 277 g/mol. The molecule has 1 aromatic heterocycles. The molecule has 102 valence electrons. The fourth-order valence-electron chi connectivity index (χ4n) is 2.27. The third-order valence-corrected chi connectivity index (χ3v) is 3.42. The highest BCUT2D eigenvalue weighted by Gasteiger charge is 2.11. The van der Waals surface area contributed by atoms with Crippen molar-refractivity contribution in [3.63, 3.8) is 0 Å². The Morgan fingerprint density at radius 1 is 1.42 bits per heavy atom. The number of nitrogens with one attached hydrogen (secondary N) is 1. The van der Waals surface area contributed by atoms with Crippen molar-refractivity contribution >= 4 is 11.6 Å². The standard InChI is InChI=1S/C15H20ClN3/c1-3-17-15(13-5-4-6-14(16)9-13)8-7-12-10-18-19(2)11-12/h4-6,9-11,15,17H,3,7-8H2,1-2H3. The van der Waals surface area contributed by atoms with Crippen LogP contribution in [0.5, 0.6) is 0 Å². The Bertz CT molecular complexity index is 522. The largest absolute Gasteiger partial charge is 0.310 e.